The number of benzene rings is 1. The van der Waals surface area contributed by atoms with Gasteiger partial charge in [0, 0.05) is 18.7 Å². The highest BCUT2D eigenvalue weighted by atomic mass is 32.1. The Labute approximate surface area is 155 Å². The minimum absolute atomic E-state index is 0.244. The van der Waals surface area contributed by atoms with Crippen LogP contribution in [0.1, 0.15) is 28.8 Å². The number of rotatable bonds is 7. The molecule has 3 rings (SSSR count). The predicted molar refractivity (Wildman–Crippen MR) is 102 cm³/mol. The summed E-state index contributed by atoms with van der Waals surface area (Å²) < 4.78 is 5.41. The molecule has 0 aliphatic rings. The molecule has 0 aliphatic heterocycles. The van der Waals surface area contributed by atoms with Crippen LogP contribution in [0.5, 0.6) is 5.75 Å². The average Bonchev–Trinajstić information content (AvgIpc) is 3.19. The lowest BCUT2D eigenvalue weighted by Gasteiger charge is -2.16. The van der Waals surface area contributed by atoms with E-state index in [0.29, 0.717) is 23.1 Å². The monoisotopic (exact) mass is 369 g/mol. The molecule has 0 aliphatic carbocycles. The van der Waals surface area contributed by atoms with Gasteiger partial charge in [-0.3, -0.25) is 10.1 Å². The maximum Gasteiger partial charge on any atom is 0.259 e. The molecule has 1 amide bonds. The second-order valence-corrected chi connectivity index (χ2v) is 6.49. The van der Waals surface area contributed by atoms with E-state index in [9.17, 15) is 4.79 Å². The number of pyridine rings is 1. The number of carbonyl (C=O) groups is 1. The van der Waals surface area contributed by atoms with Gasteiger partial charge in [0.05, 0.1) is 12.7 Å². The minimum Gasteiger partial charge on any atom is -0.496 e. The highest BCUT2D eigenvalue weighted by molar-refractivity contribution is 7.13. The van der Waals surface area contributed by atoms with Gasteiger partial charge < -0.3 is 10.1 Å². The standard InChI is InChI=1S/C18H19N5O2S/c1-12(14-5-3-4-6-15(14)25-2)9-19-16-8-7-13(10-20-16)17(24)22-18-23-21-11-26-18/h3-8,10-12H,9H2,1-2H3,(H,19,20)(H,22,23,24). The molecule has 1 atom stereocenters. The van der Waals surface area contributed by atoms with E-state index in [0.717, 1.165) is 11.3 Å². The first-order chi connectivity index (χ1) is 12.7. The number of nitrogens with zero attached hydrogens (tertiary/aromatic N) is 3. The first kappa shape index (κ1) is 17.8. The highest BCUT2D eigenvalue weighted by Crippen LogP contribution is 2.26. The van der Waals surface area contributed by atoms with Crippen LogP contribution >= 0.6 is 11.3 Å². The molecule has 0 bridgehead atoms. The SMILES string of the molecule is COc1ccccc1C(C)CNc1ccc(C(=O)Nc2nncs2)cn1. The fourth-order valence-electron chi connectivity index (χ4n) is 2.47. The molecule has 2 N–H and O–H groups in total. The third-order valence-electron chi connectivity index (χ3n) is 3.87. The molecule has 0 spiro atoms. The summed E-state index contributed by atoms with van der Waals surface area (Å²) in [6.07, 6.45) is 1.53. The first-order valence-electron chi connectivity index (χ1n) is 8.07. The normalized spacial score (nSPS) is 11.6. The Hall–Kier alpha value is -3.00. The zero-order valence-electron chi connectivity index (χ0n) is 14.5. The summed E-state index contributed by atoms with van der Waals surface area (Å²) in [6.45, 7) is 2.82. The number of hydrogen-bond acceptors (Lipinski definition) is 7. The molecule has 0 saturated heterocycles. The van der Waals surface area contributed by atoms with E-state index in [1.165, 1.54) is 17.5 Å². The average molecular weight is 369 g/mol. The quantitative estimate of drug-likeness (QED) is 0.663. The third kappa shape index (κ3) is 4.34. The van der Waals surface area contributed by atoms with Crippen LogP contribution in [0.25, 0.3) is 0 Å². The van der Waals surface area contributed by atoms with Crippen molar-refractivity contribution >= 4 is 28.2 Å². The summed E-state index contributed by atoms with van der Waals surface area (Å²) in [7, 11) is 1.67. The number of anilines is 2. The van der Waals surface area contributed by atoms with Gasteiger partial charge in [-0.2, -0.15) is 0 Å². The van der Waals surface area contributed by atoms with Gasteiger partial charge in [0.25, 0.3) is 5.91 Å². The van der Waals surface area contributed by atoms with Crippen molar-refractivity contribution < 1.29 is 9.53 Å². The largest absolute Gasteiger partial charge is 0.496 e. The molecule has 7 nitrogen and oxygen atoms in total. The number of ether oxygens (including phenoxy) is 1. The van der Waals surface area contributed by atoms with E-state index >= 15 is 0 Å². The van der Waals surface area contributed by atoms with Crippen LogP contribution in [0.4, 0.5) is 10.9 Å². The number of amides is 1. The molecule has 0 radical (unpaired) electrons. The summed E-state index contributed by atoms with van der Waals surface area (Å²) in [5, 5.41) is 13.9. The summed E-state index contributed by atoms with van der Waals surface area (Å²) in [5.74, 6) is 1.56. The van der Waals surface area contributed by atoms with E-state index in [-0.39, 0.29) is 11.8 Å². The number of aromatic nitrogens is 3. The summed E-state index contributed by atoms with van der Waals surface area (Å²) in [6, 6.07) is 11.5. The molecule has 1 unspecified atom stereocenters. The lowest BCUT2D eigenvalue weighted by molar-refractivity contribution is 0.102. The number of carbonyl (C=O) groups excluding carboxylic acids is 1. The van der Waals surface area contributed by atoms with Gasteiger partial charge in [0.1, 0.15) is 17.1 Å². The van der Waals surface area contributed by atoms with Crippen LogP contribution in [0, 0.1) is 0 Å². The van der Waals surface area contributed by atoms with E-state index in [4.69, 9.17) is 4.74 Å². The molecule has 134 valence electrons. The third-order valence-corrected chi connectivity index (χ3v) is 4.47. The molecule has 8 heteroatoms. The zero-order chi connectivity index (χ0) is 18.4. The molecule has 2 aromatic heterocycles. The molecular formula is C18H19N5O2S. The van der Waals surface area contributed by atoms with Crippen molar-refractivity contribution in [3.05, 3.63) is 59.2 Å². The fourth-order valence-corrected chi connectivity index (χ4v) is 2.91. The molecule has 1 aromatic carbocycles. The van der Waals surface area contributed by atoms with Gasteiger partial charge in [-0.15, -0.1) is 10.2 Å². The Bertz CT molecular complexity index is 852. The number of hydrogen-bond donors (Lipinski definition) is 2. The lowest BCUT2D eigenvalue weighted by Crippen LogP contribution is -2.14. The second kappa shape index (κ2) is 8.39. The van der Waals surface area contributed by atoms with Crippen LogP contribution in [0.2, 0.25) is 0 Å². The van der Waals surface area contributed by atoms with Crippen LogP contribution in [0.15, 0.2) is 48.1 Å². The Balaban J connectivity index is 1.58. The Kier molecular flexibility index (Phi) is 5.75. The van der Waals surface area contributed by atoms with Gasteiger partial charge in [-0.25, -0.2) is 4.98 Å². The van der Waals surface area contributed by atoms with Crippen molar-refractivity contribution in [2.45, 2.75) is 12.8 Å². The first-order valence-corrected chi connectivity index (χ1v) is 8.95. The molecular weight excluding hydrogens is 350 g/mol. The Morgan fingerprint density at radius 3 is 2.81 bits per heavy atom. The van der Waals surface area contributed by atoms with Gasteiger partial charge >= 0.3 is 0 Å². The number of nitrogens with one attached hydrogen (secondary N) is 2. The van der Waals surface area contributed by atoms with Crippen molar-refractivity contribution in [3.8, 4) is 5.75 Å². The van der Waals surface area contributed by atoms with Crippen molar-refractivity contribution in [3.63, 3.8) is 0 Å². The number of para-hydroxylation sites is 1. The second-order valence-electron chi connectivity index (χ2n) is 5.65. The predicted octanol–water partition coefficient (Wildman–Crippen LogP) is 3.41. The molecule has 3 aromatic rings. The van der Waals surface area contributed by atoms with Crippen molar-refractivity contribution in [2.75, 3.05) is 24.3 Å². The molecule has 26 heavy (non-hydrogen) atoms. The van der Waals surface area contributed by atoms with Gasteiger partial charge in [-0.1, -0.05) is 36.5 Å². The minimum atomic E-state index is -0.261. The highest BCUT2D eigenvalue weighted by Gasteiger charge is 2.12. The maximum absolute atomic E-state index is 12.1. The smallest absolute Gasteiger partial charge is 0.259 e. The van der Waals surface area contributed by atoms with E-state index in [1.807, 2.05) is 18.2 Å². The van der Waals surface area contributed by atoms with Crippen molar-refractivity contribution in [1.82, 2.24) is 15.2 Å². The van der Waals surface area contributed by atoms with Crippen LogP contribution in [-0.4, -0.2) is 34.7 Å². The number of methoxy groups -OCH3 is 1. The topological polar surface area (TPSA) is 89.0 Å². The van der Waals surface area contributed by atoms with E-state index in [1.54, 1.807) is 24.8 Å². The summed E-state index contributed by atoms with van der Waals surface area (Å²) >= 11 is 1.26. The Morgan fingerprint density at radius 2 is 2.12 bits per heavy atom. The van der Waals surface area contributed by atoms with Crippen molar-refractivity contribution in [2.24, 2.45) is 0 Å². The van der Waals surface area contributed by atoms with Gasteiger partial charge in [0.15, 0.2) is 0 Å². The Morgan fingerprint density at radius 1 is 1.27 bits per heavy atom. The summed E-state index contributed by atoms with van der Waals surface area (Å²) in [4.78, 5) is 16.4. The zero-order valence-corrected chi connectivity index (χ0v) is 15.3. The van der Waals surface area contributed by atoms with Gasteiger partial charge in [-0.05, 0) is 23.8 Å². The van der Waals surface area contributed by atoms with E-state index in [2.05, 4.69) is 38.8 Å². The maximum atomic E-state index is 12.1. The summed E-state index contributed by atoms with van der Waals surface area (Å²) in [5.41, 5.74) is 3.16. The fraction of sp³-hybridized carbons (Fsp3) is 0.222. The van der Waals surface area contributed by atoms with Crippen LogP contribution in [-0.2, 0) is 0 Å². The molecule has 0 saturated carbocycles. The van der Waals surface area contributed by atoms with Gasteiger partial charge in [0.2, 0.25) is 5.13 Å². The van der Waals surface area contributed by atoms with E-state index < -0.39 is 0 Å². The van der Waals surface area contributed by atoms with Crippen LogP contribution in [0.3, 0.4) is 0 Å². The van der Waals surface area contributed by atoms with Crippen LogP contribution < -0.4 is 15.4 Å². The molecule has 2 heterocycles. The molecule has 0 fully saturated rings. The van der Waals surface area contributed by atoms with Crippen molar-refractivity contribution in [1.29, 1.82) is 0 Å². The lowest BCUT2D eigenvalue weighted by atomic mass is 10.00.